The van der Waals surface area contributed by atoms with Gasteiger partial charge in [-0.05, 0) is 37.1 Å². The maximum Gasteiger partial charge on any atom is 0.453 e. The molecule has 32 heavy (non-hydrogen) atoms. The van der Waals surface area contributed by atoms with Gasteiger partial charge in [0.05, 0.1) is 25.8 Å². The van der Waals surface area contributed by atoms with Crippen LogP contribution in [0, 0.1) is 5.92 Å². The van der Waals surface area contributed by atoms with Crippen molar-refractivity contribution in [1.82, 2.24) is 19.8 Å². The van der Waals surface area contributed by atoms with Crippen molar-refractivity contribution in [3.63, 3.8) is 0 Å². The molecule has 12 heteroatoms. The van der Waals surface area contributed by atoms with Crippen LogP contribution < -0.4 is 19.7 Å². The van der Waals surface area contributed by atoms with Gasteiger partial charge in [0.25, 0.3) is 5.82 Å². The molecule has 0 bridgehead atoms. The monoisotopic (exact) mass is 450 g/mol. The van der Waals surface area contributed by atoms with E-state index in [1.165, 1.54) is 20.3 Å². The van der Waals surface area contributed by atoms with Crippen molar-refractivity contribution in [1.29, 1.82) is 0 Å². The molecule has 0 aliphatic carbocycles. The number of benzene rings is 1. The lowest BCUT2D eigenvalue weighted by molar-refractivity contribution is -0.146. The van der Waals surface area contributed by atoms with Crippen LogP contribution in [0.5, 0.6) is 11.5 Å². The number of alkyl halides is 3. The fraction of sp³-hybridized carbons (Fsp3) is 0.400. The second-order valence-electron chi connectivity index (χ2n) is 7.32. The van der Waals surface area contributed by atoms with Crippen molar-refractivity contribution in [3.05, 3.63) is 36.2 Å². The van der Waals surface area contributed by atoms with Crippen molar-refractivity contribution in [3.8, 4) is 11.5 Å². The topological polar surface area (TPSA) is 93.9 Å². The molecule has 1 aromatic carbocycles. The Morgan fingerprint density at radius 2 is 1.97 bits per heavy atom. The summed E-state index contributed by atoms with van der Waals surface area (Å²) in [5.74, 6) is -0.419. The van der Waals surface area contributed by atoms with E-state index in [4.69, 9.17) is 9.47 Å². The Kier molecular flexibility index (Phi) is 5.76. The van der Waals surface area contributed by atoms with Crippen LogP contribution in [-0.4, -0.2) is 53.0 Å². The summed E-state index contributed by atoms with van der Waals surface area (Å²) < 4.78 is 50.7. The first kappa shape index (κ1) is 21.7. The number of ether oxygens (including phenoxy) is 2. The lowest BCUT2D eigenvalue weighted by atomic mass is 9.97. The van der Waals surface area contributed by atoms with Crippen LogP contribution in [0.4, 0.5) is 24.7 Å². The minimum Gasteiger partial charge on any atom is -0.497 e. The number of carbonyl (C=O) groups excluding carboxylic acids is 1. The van der Waals surface area contributed by atoms with E-state index in [0.29, 0.717) is 53.5 Å². The van der Waals surface area contributed by atoms with Crippen LogP contribution in [0.2, 0.25) is 0 Å². The zero-order valence-electron chi connectivity index (χ0n) is 17.4. The molecule has 3 heterocycles. The molecule has 0 spiro atoms. The van der Waals surface area contributed by atoms with Crippen molar-refractivity contribution < 1.29 is 27.4 Å². The number of aromatic nitrogens is 4. The van der Waals surface area contributed by atoms with Crippen LogP contribution in [-0.2, 0) is 11.0 Å². The summed E-state index contributed by atoms with van der Waals surface area (Å²) in [6.07, 6.45) is -3.36. The van der Waals surface area contributed by atoms with Crippen molar-refractivity contribution >= 4 is 23.1 Å². The predicted octanol–water partition coefficient (Wildman–Crippen LogP) is 3.02. The van der Waals surface area contributed by atoms with Gasteiger partial charge in [0, 0.05) is 19.2 Å². The molecule has 1 saturated heterocycles. The van der Waals surface area contributed by atoms with Crippen LogP contribution in [0.15, 0.2) is 30.3 Å². The van der Waals surface area contributed by atoms with Gasteiger partial charge in [-0.25, -0.2) is 0 Å². The van der Waals surface area contributed by atoms with Gasteiger partial charge >= 0.3 is 6.18 Å². The van der Waals surface area contributed by atoms with Crippen LogP contribution in [0.25, 0.3) is 5.65 Å². The molecule has 0 radical (unpaired) electrons. The van der Waals surface area contributed by atoms with Gasteiger partial charge in [0.1, 0.15) is 17.3 Å². The second kappa shape index (κ2) is 8.52. The Hall–Kier alpha value is -3.57. The summed E-state index contributed by atoms with van der Waals surface area (Å²) in [7, 11) is 3.03. The molecule has 1 fully saturated rings. The molecule has 1 amide bonds. The van der Waals surface area contributed by atoms with Crippen molar-refractivity contribution in [2.45, 2.75) is 19.0 Å². The highest BCUT2D eigenvalue weighted by atomic mass is 19.4. The third kappa shape index (κ3) is 4.25. The minimum atomic E-state index is -4.68. The number of amides is 1. The van der Waals surface area contributed by atoms with Crippen molar-refractivity contribution in [2.75, 3.05) is 37.5 Å². The highest BCUT2D eigenvalue weighted by molar-refractivity contribution is 5.94. The summed E-state index contributed by atoms with van der Waals surface area (Å²) in [4.78, 5) is 14.7. The first-order valence-electron chi connectivity index (χ1n) is 9.87. The van der Waals surface area contributed by atoms with Gasteiger partial charge < -0.3 is 19.7 Å². The molecule has 4 rings (SSSR count). The lowest BCUT2D eigenvalue weighted by Gasteiger charge is -2.32. The van der Waals surface area contributed by atoms with E-state index in [9.17, 15) is 18.0 Å². The van der Waals surface area contributed by atoms with E-state index in [1.807, 2.05) is 0 Å². The normalized spacial score (nSPS) is 16.8. The van der Waals surface area contributed by atoms with E-state index >= 15 is 0 Å². The number of nitrogens with one attached hydrogen (secondary N) is 1. The number of methoxy groups -OCH3 is 2. The fourth-order valence-corrected chi connectivity index (χ4v) is 3.67. The highest BCUT2D eigenvalue weighted by Crippen LogP contribution is 2.31. The van der Waals surface area contributed by atoms with E-state index in [2.05, 4.69) is 20.6 Å². The predicted molar refractivity (Wildman–Crippen MR) is 109 cm³/mol. The molecule has 2 aromatic heterocycles. The zero-order chi connectivity index (χ0) is 22.9. The first-order chi connectivity index (χ1) is 15.3. The molecule has 9 nitrogen and oxygen atoms in total. The number of anilines is 2. The smallest absolute Gasteiger partial charge is 0.453 e. The number of piperidine rings is 1. The van der Waals surface area contributed by atoms with Crippen LogP contribution >= 0.6 is 0 Å². The second-order valence-corrected chi connectivity index (χ2v) is 7.32. The van der Waals surface area contributed by atoms with Gasteiger partial charge in [-0.15, -0.1) is 15.3 Å². The third-order valence-electron chi connectivity index (χ3n) is 5.28. The molecule has 1 aliphatic rings. The van der Waals surface area contributed by atoms with Crippen molar-refractivity contribution in [2.24, 2.45) is 5.92 Å². The average Bonchev–Trinajstić information content (AvgIpc) is 3.23. The molecule has 170 valence electrons. The number of fused-ring (bicyclic) bond motifs is 1. The van der Waals surface area contributed by atoms with Gasteiger partial charge in [-0.2, -0.15) is 17.7 Å². The third-order valence-corrected chi connectivity index (χ3v) is 5.28. The lowest BCUT2D eigenvalue weighted by Crippen LogP contribution is -2.41. The molecular weight excluding hydrogens is 429 g/mol. The fourth-order valence-electron chi connectivity index (χ4n) is 3.67. The van der Waals surface area contributed by atoms with E-state index < -0.39 is 12.0 Å². The van der Waals surface area contributed by atoms with Gasteiger partial charge in [0.15, 0.2) is 5.65 Å². The molecule has 0 unspecified atom stereocenters. The number of nitrogens with zero attached hydrogens (tertiary/aromatic N) is 5. The summed E-state index contributed by atoms with van der Waals surface area (Å²) in [6, 6.07) is 8.08. The van der Waals surface area contributed by atoms with E-state index in [1.54, 1.807) is 29.2 Å². The maximum atomic E-state index is 13.2. The molecule has 1 atom stereocenters. The molecule has 1 aliphatic heterocycles. The molecule has 0 saturated carbocycles. The van der Waals surface area contributed by atoms with Crippen LogP contribution in [0.3, 0.4) is 0 Å². The van der Waals surface area contributed by atoms with Gasteiger partial charge in [-0.1, -0.05) is 0 Å². The van der Waals surface area contributed by atoms with Gasteiger partial charge in [0.2, 0.25) is 5.91 Å². The SMILES string of the molecule is COc1ccc(OC)c(NC(=O)[C@@H]2CCCN(c3ccc4nnc(C(F)(F)F)n4n3)C2)c1. The molecule has 1 N–H and O–H groups in total. The highest BCUT2D eigenvalue weighted by Gasteiger charge is 2.38. The van der Waals surface area contributed by atoms with Gasteiger partial charge in [-0.3, -0.25) is 4.79 Å². The Morgan fingerprint density at radius 3 is 2.69 bits per heavy atom. The number of halogens is 3. The number of hydrogen-bond acceptors (Lipinski definition) is 7. The van der Waals surface area contributed by atoms with E-state index in [0.717, 1.165) is 0 Å². The Balaban J connectivity index is 1.53. The van der Waals surface area contributed by atoms with E-state index in [-0.39, 0.29) is 17.5 Å². The summed E-state index contributed by atoms with van der Waals surface area (Å²) in [5.41, 5.74) is 0.477. The maximum absolute atomic E-state index is 13.2. The minimum absolute atomic E-state index is 0.00232. The number of rotatable bonds is 5. The van der Waals surface area contributed by atoms with Crippen LogP contribution in [0.1, 0.15) is 18.7 Å². The first-order valence-corrected chi connectivity index (χ1v) is 9.87. The average molecular weight is 450 g/mol. The Bertz CT molecular complexity index is 1130. The number of carbonyl (C=O) groups is 1. The summed E-state index contributed by atoms with van der Waals surface area (Å²) in [5, 5.41) is 13.7. The standard InChI is InChI=1S/C20H21F3N6O3/c1-31-13-5-6-15(32-2)14(10-13)24-18(30)12-4-3-9-28(11-12)17-8-7-16-25-26-19(20(21,22)23)29(16)27-17/h5-8,10,12H,3-4,9,11H2,1-2H3,(H,24,30)/t12-/m1/s1. The Morgan fingerprint density at radius 1 is 1.16 bits per heavy atom. The summed E-state index contributed by atoms with van der Waals surface area (Å²) in [6.45, 7) is 0.869. The zero-order valence-corrected chi connectivity index (χ0v) is 17.4. The quantitative estimate of drug-likeness (QED) is 0.639. The summed E-state index contributed by atoms with van der Waals surface area (Å²) >= 11 is 0. The molecular formula is C20H21F3N6O3. The number of hydrogen-bond donors (Lipinski definition) is 1. The largest absolute Gasteiger partial charge is 0.497 e. The Labute approximate surface area is 181 Å². The molecule has 3 aromatic rings.